The molecule has 0 bridgehead atoms. The molecular formula is C23H30N2O2S. The highest BCUT2D eigenvalue weighted by Gasteiger charge is 2.36. The summed E-state index contributed by atoms with van der Waals surface area (Å²) in [6.45, 7) is 7.50. The van der Waals surface area contributed by atoms with Crippen molar-refractivity contribution >= 4 is 23.2 Å². The van der Waals surface area contributed by atoms with Crippen molar-refractivity contribution < 1.29 is 9.59 Å². The van der Waals surface area contributed by atoms with E-state index in [4.69, 9.17) is 0 Å². The zero-order chi connectivity index (χ0) is 20.1. The number of hydrogen-bond acceptors (Lipinski definition) is 3. The molecule has 1 heterocycles. The van der Waals surface area contributed by atoms with E-state index in [1.54, 1.807) is 16.2 Å². The van der Waals surface area contributed by atoms with E-state index >= 15 is 0 Å². The molecule has 1 atom stereocenters. The van der Waals surface area contributed by atoms with Crippen molar-refractivity contribution in [3.05, 3.63) is 57.8 Å². The van der Waals surface area contributed by atoms with Gasteiger partial charge in [-0.3, -0.25) is 9.59 Å². The third-order valence-corrected chi connectivity index (χ3v) is 6.34. The average Bonchev–Trinajstić information content (AvgIpc) is 3.47. The Bertz CT molecular complexity index is 798. The minimum absolute atomic E-state index is 0.0178. The summed E-state index contributed by atoms with van der Waals surface area (Å²) in [7, 11) is 0. The summed E-state index contributed by atoms with van der Waals surface area (Å²) in [6, 6.07) is 14.3. The van der Waals surface area contributed by atoms with Crippen LogP contribution in [0.4, 0.5) is 0 Å². The molecule has 150 valence electrons. The van der Waals surface area contributed by atoms with E-state index in [1.165, 1.54) is 9.75 Å². The number of thiophene rings is 1. The van der Waals surface area contributed by atoms with Crippen molar-refractivity contribution in [1.82, 2.24) is 9.80 Å². The molecule has 1 fully saturated rings. The Labute approximate surface area is 172 Å². The first kappa shape index (κ1) is 20.6. The molecule has 28 heavy (non-hydrogen) atoms. The molecule has 0 unspecified atom stereocenters. The van der Waals surface area contributed by atoms with Crippen LogP contribution in [0, 0.1) is 12.8 Å². The number of carbonyl (C=O) groups excluding carboxylic acids is 2. The molecule has 2 aromatic rings. The normalized spacial score (nSPS) is 14.5. The van der Waals surface area contributed by atoms with Crippen LogP contribution in [-0.2, 0) is 22.7 Å². The second kappa shape index (κ2) is 9.37. The molecule has 0 aliphatic heterocycles. The summed E-state index contributed by atoms with van der Waals surface area (Å²) >= 11 is 1.72. The number of aryl methyl sites for hydroxylation is 1. The zero-order valence-corrected chi connectivity index (χ0v) is 17.9. The molecule has 3 rings (SSSR count). The van der Waals surface area contributed by atoms with E-state index < -0.39 is 0 Å². The van der Waals surface area contributed by atoms with Crippen molar-refractivity contribution in [3.8, 4) is 0 Å². The number of rotatable bonds is 9. The van der Waals surface area contributed by atoms with Gasteiger partial charge in [-0.25, -0.2) is 0 Å². The van der Waals surface area contributed by atoms with Crippen molar-refractivity contribution in [2.24, 2.45) is 5.92 Å². The number of nitrogens with zero attached hydrogens (tertiary/aromatic N) is 2. The molecule has 1 aromatic heterocycles. The Morgan fingerprint density at radius 2 is 1.82 bits per heavy atom. The number of hydrogen-bond donors (Lipinski definition) is 0. The summed E-state index contributed by atoms with van der Waals surface area (Å²) in [6.07, 6.45) is 2.78. The highest BCUT2D eigenvalue weighted by atomic mass is 32.1. The average molecular weight is 399 g/mol. The standard InChI is InChI=1S/C23H30N2O2S/c1-4-17(2)25(23(27)20-11-12-20)16-22(26)24(14-19-8-6-5-7-9-19)15-21-13-10-18(3)28-21/h5-10,13,17,20H,4,11-12,14-16H2,1-3H3/t17-/m0/s1. The lowest BCUT2D eigenvalue weighted by molar-refractivity contribution is -0.143. The molecule has 1 saturated carbocycles. The topological polar surface area (TPSA) is 40.6 Å². The third-order valence-electron chi connectivity index (χ3n) is 5.35. The maximum atomic E-state index is 13.3. The van der Waals surface area contributed by atoms with E-state index in [-0.39, 0.29) is 30.3 Å². The summed E-state index contributed by atoms with van der Waals surface area (Å²) in [5, 5.41) is 0. The van der Waals surface area contributed by atoms with Crippen LogP contribution in [0.3, 0.4) is 0 Å². The lowest BCUT2D eigenvalue weighted by atomic mass is 10.1. The van der Waals surface area contributed by atoms with Gasteiger partial charge in [0.15, 0.2) is 0 Å². The number of amides is 2. The lowest BCUT2D eigenvalue weighted by Crippen LogP contribution is -2.46. The van der Waals surface area contributed by atoms with E-state index in [9.17, 15) is 9.59 Å². The number of benzene rings is 1. The first-order valence-electron chi connectivity index (χ1n) is 10.2. The second-order valence-corrected chi connectivity index (χ2v) is 9.12. The van der Waals surface area contributed by atoms with Crippen molar-refractivity contribution in [2.45, 2.75) is 59.2 Å². The fourth-order valence-electron chi connectivity index (χ4n) is 3.28. The van der Waals surface area contributed by atoms with Gasteiger partial charge in [-0.15, -0.1) is 11.3 Å². The monoisotopic (exact) mass is 398 g/mol. The van der Waals surface area contributed by atoms with Crippen molar-refractivity contribution in [3.63, 3.8) is 0 Å². The quantitative estimate of drug-likeness (QED) is 0.618. The van der Waals surface area contributed by atoms with E-state index in [1.807, 2.05) is 42.2 Å². The van der Waals surface area contributed by atoms with Crippen molar-refractivity contribution in [2.75, 3.05) is 6.54 Å². The van der Waals surface area contributed by atoms with Crippen LogP contribution in [0.2, 0.25) is 0 Å². The predicted octanol–water partition coefficient (Wildman–Crippen LogP) is 4.62. The van der Waals surface area contributed by atoms with Gasteiger partial charge in [-0.05, 0) is 50.8 Å². The molecule has 4 nitrogen and oxygen atoms in total. The molecule has 1 aliphatic rings. The van der Waals surface area contributed by atoms with Gasteiger partial charge in [0.2, 0.25) is 11.8 Å². The summed E-state index contributed by atoms with van der Waals surface area (Å²) in [5.74, 6) is 0.294. The molecule has 0 N–H and O–H groups in total. The fourth-order valence-corrected chi connectivity index (χ4v) is 4.18. The van der Waals surface area contributed by atoms with Crippen LogP contribution in [0.1, 0.15) is 48.4 Å². The number of carbonyl (C=O) groups is 2. The molecular weight excluding hydrogens is 368 g/mol. The van der Waals surface area contributed by atoms with Crippen LogP contribution in [0.25, 0.3) is 0 Å². The summed E-state index contributed by atoms with van der Waals surface area (Å²) in [4.78, 5) is 32.1. The molecule has 1 aromatic carbocycles. The fraction of sp³-hybridized carbons (Fsp3) is 0.478. The molecule has 0 radical (unpaired) electrons. The molecule has 5 heteroatoms. The van der Waals surface area contributed by atoms with Gasteiger partial charge in [0.25, 0.3) is 0 Å². The second-order valence-electron chi connectivity index (χ2n) is 7.75. The Hall–Kier alpha value is -2.14. The van der Waals surface area contributed by atoms with Gasteiger partial charge in [0.05, 0.1) is 6.54 Å². The van der Waals surface area contributed by atoms with Crippen molar-refractivity contribution in [1.29, 1.82) is 0 Å². The lowest BCUT2D eigenvalue weighted by Gasteiger charge is -2.31. The SMILES string of the molecule is CC[C@H](C)N(CC(=O)N(Cc1ccccc1)Cc1ccc(C)s1)C(=O)C1CC1. The van der Waals surface area contributed by atoms with E-state index in [0.717, 1.165) is 24.8 Å². The van der Waals surface area contributed by atoms with Gasteiger partial charge in [-0.2, -0.15) is 0 Å². The van der Waals surface area contributed by atoms with Gasteiger partial charge < -0.3 is 9.80 Å². The maximum absolute atomic E-state index is 13.3. The maximum Gasteiger partial charge on any atom is 0.242 e. The van der Waals surface area contributed by atoms with Gasteiger partial charge in [-0.1, -0.05) is 37.3 Å². The van der Waals surface area contributed by atoms with Crippen LogP contribution >= 0.6 is 11.3 Å². The predicted molar refractivity (Wildman–Crippen MR) is 114 cm³/mol. The van der Waals surface area contributed by atoms with Gasteiger partial charge in [0.1, 0.15) is 6.54 Å². The van der Waals surface area contributed by atoms with Crippen LogP contribution in [-0.4, -0.2) is 34.2 Å². The largest absolute Gasteiger partial charge is 0.332 e. The van der Waals surface area contributed by atoms with E-state index in [0.29, 0.717) is 13.1 Å². The Balaban J connectivity index is 1.76. The Morgan fingerprint density at radius 3 is 2.39 bits per heavy atom. The minimum Gasteiger partial charge on any atom is -0.332 e. The summed E-state index contributed by atoms with van der Waals surface area (Å²) < 4.78 is 0. The highest BCUT2D eigenvalue weighted by Crippen LogP contribution is 2.32. The minimum atomic E-state index is 0.0178. The molecule has 1 aliphatic carbocycles. The molecule has 2 amide bonds. The molecule has 0 saturated heterocycles. The Morgan fingerprint density at radius 1 is 1.11 bits per heavy atom. The van der Waals surface area contributed by atoms with Crippen LogP contribution in [0.5, 0.6) is 0 Å². The van der Waals surface area contributed by atoms with Crippen LogP contribution in [0.15, 0.2) is 42.5 Å². The highest BCUT2D eigenvalue weighted by molar-refractivity contribution is 7.11. The van der Waals surface area contributed by atoms with Gasteiger partial charge >= 0.3 is 0 Å². The molecule has 0 spiro atoms. The van der Waals surface area contributed by atoms with Crippen LogP contribution < -0.4 is 0 Å². The zero-order valence-electron chi connectivity index (χ0n) is 17.1. The van der Waals surface area contributed by atoms with Gasteiger partial charge in [0, 0.05) is 28.3 Å². The first-order chi connectivity index (χ1) is 13.5. The summed E-state index contributed by atoms with van der Waals surface area (Å²) in [5.41, 5.74) is 1.10. The smallest absolute Gasteiger partial charge is 0.242 e. The first-order valence-corrected chi connectivity index (χ1v) is 11.0. The van der Waals surface area contributed by atoms with E-state index in [2.05, 4.69) is 26.0 Å². The Kier molecular flexibility index (Phi) is 6.89. The third kappa shape index (κ3) is 5.44.